The van der Waals surface area contributed by atoms with E-state index in [0.29, 0.717) is 6.04 Å². The molecule has 1 aliphatic rings. The molecule has 16 heavy (non-hydrogen) atoms. The number of thioether (sulfide) groups is 1. The third-order valence-electron chi connectivity index (χ3n) is 2.62. The molecular weight excluding hydrogens is 220 g/mol. The summed E-state index contributed by atoms with van der Waals surface area (Å²) in [5.74, 6) is 1.00. The summed E-state index contributed by atoms with van der Waals surface area (Å²) in [6.07, 6.45) is 5.34. The monoisotopic (exact) mass is 238 g/mol. The summed E-state index contributed by atoms with van der Waals surface area (Å²) in [4.78, 5) is 4.25. The maximum atomic E-state index is 9.21. The van der Waals surface area contributed by atoms with Crippen molar-refractivity contribution in [2.45, 2.75) is 36.4 Å². The molecule has 88 valence electrons. The first-order valence-corrected chi connectivity index (χ1v) is 6.78. The van der Waals surface area contributed by atoms with Crippen LogP contribution in [-0.4, -0.2) is 34.5 Å². The highest BCUT2D eigenvalue weighted by molar-refractivity contribution is 7.99. The van der Waals surface area contributed by atoms with Gasteiger partial charge in [-0.25, -0.2) is 4.98 Å². The van der Waals surface area contributed by atoms with E-state index in [9.17, 15) is 5.11 Å². The highest BCUT2D eigenvalue weighted by atomic mass is 32.2. The largest absolute Gasteiger partial charge is 0.395 e. The Hall–Kier alpha value is -0.580. The van der Waals surface area contributed by atoms with Crippen LogP contribution in [0.15, 0.2) is 29.4 Å². The number of aliphatic hydroxyl groups is 1. The van der Waals surface area contributed by atoms with Gasteiger partial charge in [-0.3, -0.25) is 0 Å². The zero-order chi connectivity index (χ0) is 11.2. The van der Waals surface area contributed by atoms with Gasteiger partial charge in [0.25, 0.3) is 0 Å². The molecule has 1 aromatic rings. The Morgan fingerprint density at radius 1 is 1.50 bits per heavy atom. The molecule has 0 bridgehead atoms. The number of hydrogen-bond acceptors (Lipinski definition) is 4. The minimum atomic E-state index is 0.235. The van der Waals surface area contributed by atoms with Crippen LogP contribution in [0, 0.1) is 0 Å². The Balaban J connectivity index is 1.65. The highest BCUT2D eigenvalue weighted by Crippen LogP contribution is 2.21. The lowest BCUT2D eigenvalue weighted by Gasteiger charge is -2.15. The normalized spacial score (nSPS) is 17.3. The van der Waals surface area contributed by atoms with Crippen LogP contribution >= 0.6 is 11.8 Å². The average molecular weight is 238 g/mol. The van der Waals surface area contributed by atoms with Crippen LogP contribution in [0.2, 0.25) is 0 Å². The third-order valence-corrected chi connectivity index (χ3v) is 3.60. The molecule has 0 aliphatic heterocycles. The zero-order valence-corrected chi connectivity index (χ0v) is 10.1. The van der Waals surface area contributed by atoms with Gasteiger partial charge in [0, 0.05) is 24.0 Å². The molecule has 4 heteroatoms. The first-order chi connectivity index (χ1) is 7.88. The fraction of sp³-hybridized carbons (Fsp3) is 0.583. The van der Waals surface area contributed by atoms with Gasteiger partial charge in [0.2, 0.25) is 0 Å². The summed E-state index contributed by atoms with van der Waals surface area (Å²) in [5, 5.41) is 13.7. The minimum Gasteiger partial charge on any atom is -0.395 e. The second-order valence-corrected chi connectivity index (χ2v) is 5.24. The number of aliphatic hydroxyl groups excluding tert-OH is 1. The average Bonchev–Trinajstić information content (AvgIpc) is 3.13. The van der Waals surface area contributed by atoms with E-state index >= 15 is 0 Å². The van der Waals surface area contributed by atoms with Crippen LogP contribution in [0.3, 0.4) is 0 Å². The molecule has 1 aliphatic carbocycles. The maximum absolute atomic E-state index is 9.21. The fourth-order valence-corrected chi connectivity index (χ4v) is 2.47. The van der Waals surface area contributed by atoms with Gasteiger partial charge in [0.15, 0.2) is 0 Å². The quantitative estimate of drug-likeness (QED) is 0.709. The van der Waals surface area contributed by atoms with E-state index in [1.807, 2.05) is 24.4 Å². The summed E-state index contributed by atoms with van der Waals surface area (Å²) in [6, 6.07) is 6.87. The van der Waals surface area contributed by atoms with Crippen molar-refractivity contribution >= 4 is 11.8 Å². The summed E-state index contributed by atoms with van der Waals surface area (Å²) in [6.45, 7) is 0.235. The molecular formula is C12H18N2OS. The highest BCUT2D eigenvalue weighted by Gasteiger charge is 2.23. The molecule has 1 saturated carbocycles. The lowest BCUT2D eigenvalue weighted by Crippen LogP contribution is -2.34. The van der Waals surface area contributed by atoms with E-state index in [0.717, 1.165) is 17.2 Å². The van der Waals surface area contributed by atoms with Crippen molar-refractivity contribution in [3.63, 3.8) is 0 Å². The summed E-state index contributed by atoms with van der Waals surface area (Å²) in [5.41, 5.74) is 0. The molecule has 2 N–H and O–H groups in total. The molecule has 3 nitrogen and oxygen atoms in total. The van der Waals surface area contributed by atoms with Gasteiger partial charge < -0.3 is 10.4 Å². The van der Waals surface area contributed by atoms with Crippen LogP contribution in [0.5, 0.6) is 0 Å². The molecule has 1 atom stereocenters. The number of aromatic nitrogens is 1. The predicted molar refractivity (Wildman–Crippen MR) is 66.6 cm³/mol. The van der Waals surface area contributed by atoms with Gasteiger partial charge in [0.1, 0.15) is 0 Å². The van der Waals surface area contributed by atoms with Crippen LogP contribution in [0.4, 0.5) is 0 Å². The number of nitrogens with zero attached hydrogens (tertiary/aromatic N) is 1. The summed E-state index contributed by atoms with van der Waals surface area (Å²) < 4.78 is 0. The summed E-state index contributed by atoms with van der Waals surface area (Å²) in [7, 11) is 0. The maximum Gasteiger partial charge on any atom is 0.0959 e. The first-order valence-electron chi connectivity index (χ1n) is 5.79. The number of nitrogens with one attached hydrogen (secondary N) is 1. The van der Waals surface area contributed by atoms with Crippen molar-refractivity contribution in [1.82, 2.24) is 10.3 Å². The zero-order valence-electron chi connectivity index (χ0n) is 9.30. The molecule has 1 heterocycles. The van der Waals surface area contributed by atoms with Crippen molar-refractivity contribution in [2.75, 3.05) is 12.4 Å². The molecule has 2 rings (SSSR count). The van der Waals surface area contributed by atoms with Gasteiger partial charge in [-0.05, 0) is 31.4 Å². The van der Waals surface area contributed by atoms with E-state index < -0.39 is 0 Å². The standard InChI is InChI=1S/C12H18N2OS/c15-9-11(14-10-4-5-10)6-8-16-12-3-1-2-7-13-12/h1-3,7,10-11,14-15H,4-6,8-9H2. The lowest BCUT2D eigenvalue weighted by atomic mass is 10.2. The second kappa shape index (κ2) is 6.23. The molecule has 1 unspecified atom stereocenters. The Labute approximate surface area is 101 Å². The molecule has 1 fully saturated rings. The van der Waals surface area contributed by atoms with Crippen LogP contribution in [0.1, 0.15) is 19.3 Å². The van der Waals surface area contributed by atoms with Gasteiger partial charge in [-0.2, -0.15) is 0 Å². The van der Waals surface area contributed by atoms with Crippen LogP contribution in [0.25, 0.3) is 0 Å². The van der Waals surface area contributed by atoms with E-state index in [1.54, 1.807) is 11.8 Å². The van der Waals surface area contributed by atoms with Gasteiger partial charge >= 0.3 is 0 Å². The Kier molecular flexibility index (Phi) is 4.63. The van der Waals surface area contributed by atoms with Crippen LogP contribution < -0.4 is 5.32 Å². The topological polar surface area (TPSA) is 45.2 Å². The van der Waals surface area contributed by atoms with E-state index in [4.69, 9.17) is 0 Å². The molecule has 0 aromatic carbocycles. The number of pyridine rings is 1. The van der Waals surface area contributed by atoms with Gasteiger partial charge in [-0.1, -0.05) is 6.07 Å². The Bertz CT molecular complexity index is 303. The van der Waals surface area contributed by atoms with Crippen molar-refractivity contribution in [2.24, 2.45) is 0 Å². The van der Waals surface area contributed by atoms with E-state index in [2.05, 4.69) is 10.3 Å². The second-order valence-electron chi connectivity index (χ2n) is 4.13. The fourth-order valence-electron chi connectivity index (χ4n) is 1.55. The SMILES string of the molecule is OCC(CCSc1ccccn1)NC1CC1. The first kappa shape index (κ1) is 11.9. The number of rotatable bonds is 7. The summed E-state index contributed by atoms with van der Waals surface area (Å²) >= 11 is 1.75. The van der Waals surface area contributed by atoms with Crippen molar-refractivity contribution < 1.29 is 5.11 Å². The minimum absolute atomic E-state index is 0.235. The predicted octanol–water partition coefficient (Wildman–Crippen LogP) is 1.68. The van der Waals surface area contributed by atoms with Crippen molar-refractivity contribution in [3.05, 3.63) is 24.4 Å². The molecule has 0 amide bonds. The number of hydrogen-bond donors (Lipinski definition) is 2. The van der Waals surface area contributed by atoms with Crippen LogP contribution in [-0.2, 0) is 0 Å². The van der Waals surface area contributed by atoms with Gasteiger partial charge in [-0.15, -0.1) is 11.8 Å². The lowest BCUT2D eigenvalue weighted by molar-refractivity contribution is 0.239. The molecule has 1 aromatic heterocycles. The molecule has 0 spiro atoms. The molecule has 0 saturated heterocycles. The van der Waals surface area contributed by atoms with E-state index in [-0.39, 0.29) is 12.6 Å². The van der Waals surface area contributed by atoms with Gasteiger partial charge in [0.05, 0.1) is 11.6 Å². The Morgan fingerprint density at radius 2 is 2.38 bits per heavy atom. The van der Waals surface area contributed by atoms with E-state index in [1.165, 1.54) is 12.8 Å². The third kappa shape index (κ3) is 4.12. The van der Waals surface area contributed by atoms with Crippen molar-refractivity contribution in [3.8, 4) is 0 Å². The smallest absolute Gasteiger partial charge is 0.0959 e. The molecule has 0 radical (unpaired) electrons. The Morgan fingerprint density at radius 3 is 3.00 bits per heavy atom. The van der Waals surface area contributed by atoms with Crippen molar-refractivity contribution in [1.29, 1.82) is 0 Å².